The summed E-state index contributed by atoms with van der Waals surface area (Å²) < 4.78 is 0. The molecule has 1 aromatic rings. The van der Waals surface area contributed by atoms with Crippen LogP contribution < -0.4 is 4.90 Å². The van der Waals surface area contributed by atoms with Crippen molar-refractivity contribution in [1.82, 2.24) is 10.2 Å². The Morgan fingerprint density at radius 2 is 2.33 bits per heavy atom. The van der Waals surface area contributed by atoms with E-state index in [0.717, 1.165) is 11.4 Å². The number of hydrogen-bond acceptors (Lipinski definition) is 3. The first kappa shape index (κ1) is 11.6. The molecule has 0 aromatic carbocycles. The average molecular weight is 211 g/mol. The summed E-state index contributed by atoms with van der Waals surface area (Å²) in [5.74, 6) is -0.776. The monoisotopic (exact) mass is 211 g/mol. The standard InChI is InChI=1S/C10H17N3O2/c1-7(2)13(5-4-10(14)15)9-6-11-12-8(9)3/h6-7H,4-5H2,1-3H3,(H,11,12)(H,14,15). The van der Waals surface area contributed by atoms with Gasteiger partial charge in [0.15, 0.2) is 0 Å². The minimum Gasteiger partial charge on any atom is -0.481 e. The van der Waals surface area contributed by atoms with Crippen molar-refractivity contribution in [2.75, 3.05) is 11.4 Å². The number of H-pyrrole nitrogens is 1. The molecule has 0 atom stereocenters. The number of rotatable bonds is 5. The van der Waals surface area contributed by atoms with Crippen molar-refractivity contribution in [1.29, 1.82) is 0 Å². The van der Waals surface area contributed by atoms with E-state index in [1.807, 2.05) is 25.7 Å². The first-order valence-corrected chi connectivity index (χ1v) is 5.00. The minimum atomic E-state index is -0.776. The Balaban J connectivity index is 2.75. The van der Waals surface area contributed by atoms with Gasteiger partial charge in [-0.2, -0.15) is 5.10 Å². The van der Waals surface area contributed by atoms with Crippen molar-refractivity contribution in [3.05, 3.63) is 11.9 Å². The summed E-state index contributed by atoms with van der Waals surface area (Å²) in [6.07, 6.45) is 1.87. The number of nitrogens with one attached hydrogen (secondary N) is 1. The van der Waals surface area contributed by atoms with Gasteiger partial charge in [0.05, 0.1) is 24.0 Å². The Morgan fingerprint density at radius 3 is 2.73 bits per heavy atom. The van der Waals surface area contributed by atoms with Crippen LogP contribution in [0.2, 0.25) is 0 Å². The summed E-state index contributed by atoms with van der Waals surface area (Å²) in [7, 11) is 0. The molecule has 1 heterocycles. The predicted octanol–water partition coefficient (Wildman–Crippen LogP) is 1.41. The molecule has 5 heteroatoms. The Hall–Kier alpha value is -1.52. The Kier molecular flexibility index (Phi) is 3.71. The molecule has 0 aliphatic heterocycles. The number of carbonyl (C=O) groups is 1. The number of nitrogens with zero attached hydrogens (tertiary/aromatic N) is 2. The quantitative estimate of drug-likeness (QED) is 0.772. The van der Waals surface area contributed by atoms with E-state index in [1.54, 1.807) is 6.20 Å². The molecular formula is C10H17N3O2. The SMILES string of the molecule is Cc1[nH]ncc1N(CCC(=O)O)C(C)C. The fraction of sp³-hybridized carbons (Fsp3) is 0.600. The van der Waals surface area contributed by atoms with Crippen LogP contribution in [0.4, 0.5) is 5.69 Å². The van der Waals surface area contributed by atoms with Gasteiger partial charge in [-0.3, -0.25) is 9.89 Å². The number of aromatic nitrogens is 2. The molecular weight excluding hydrogens is 194 g/mol. The van der Waals surface area contributed by atoms with Gasteiger partial charge in [-0.1, -0.05) is 0 Å². The average Bonchev–Trinajstić information content (AvgIpc) is 2.51. The molecule has 0 aliphatic rings. The van der Waals surface area contributed by atoms with E-state index >= 15 is 0 Å². The summed E-state index contributed by atoms with van der Waals surface area (Å²) in [4.78, 5) is 12.6. The summed E-state index contributed by atoms with van der Waals surface area (Å²) in [6, 6.07) is 0.264. The number of anilines is 1. The van der Waals surface area contributed by atoms with Gasteiger partial charge in [0.2, 0.25) is 0 Å². The minimum absolute atomic E-state index is 0.142. The van der Waals surface area contributed by atoms with Crippen LogP contribution in [0, 0.1) is 6.92 Å². The Bertz CT molecular complexity index is 333. The van der Waals surface area contributed by atoms with Gasteiger partial charge in [-0.25, -0.2) is 0 Å². The van der Waals surface area contributed by atoms with Gasteiger partial charge < -0.3 is 10.0 Å². The highest BCUT2D eigenvalue weighted by atomic mass is 16.4. The van der Waals surface area contributed by atoms with Gasteiger partial charge in [-0.15, -0.1) is 0 Å². The summed E-state index contributed by atoms with van der Waals surface area (Å²) in [5, 5.41) is 15.5. The fourth-order valence-electron chi connectivity index (χ4n) is 1.51. The normalized spacial score (nSPS) is 10.7. The maximum absolute atomic E-state index is 10.5. The summed E-state index contributed by atoms with van der Waals surface area (Å²) >= 11 is 0. The van der Waals surface area contributed by atoms with E-state index in [-0.39, 0.29) is 12.5 Å². The zero-order chi connectivity index (χ0) is 11.4. The van der Waals surface area contributed by atoms with Gasteiger partial charge in [0, 0.05) is 12.6 Å². The predicted molar refractivity (Wildman–Crippen MR) is 58.1 cm³/mol. The van der Waals surface area contributed by atoms with Crippen LogP contribution in [0.15, 0.2) is 6.20 Å². The van der Waals surface area contributed by atoms with Gasteiger partial charge in [0.1, 0.15) is 0 Å². The zero-order valence-electron chi connectivity index (χ0n) is 9.32. The van der Waals surface area contributed by atoms with Gasteiger partial charge >= 0.3 is 5.97 Å². The van der Waals surface area contributed by atoms with Crippen LogP contribution in [0.5, 0.6) is 0 Å². The van der Waals surface area contributed by atoms with E-state index in [0.29, 0.717) is 6.54 Å². The molecule has 0 saturated carbocycles. The van der Waals surface area contributed by atoms with Crippen molar-refractivity contribution in [2.45, 2.75) is 33.2 Å². The second kappa shape index (κ2) is 4.82. The van der Waals surface area contributed by atoms with Crippen LogP contribution in [-0.2, 0) is 4.79 Å². The van der Waals surface area contributed by atoms with E-state index in [2.05, 4.69) is 10.2 Å². The second-order valence-electron chi connectivity index (χ2n) is 3.81. The summed E-state index contributed by atoms with van der Waals surface area (Å²) in [5.41, 5.74) is 1.94. The highest BCUT2D eigenvalue weighted by molar-refractivity contribution is 5.67. The molecule has 2 N–H and O–H groups in total. The van der Waals surface area contributed by atoms with Gasteiger partial charge in [0.25, 0.3) is 0 Å². The summed E-state index contributed by atoms with van der Waals surface area (Å²) in [6.45, 7) is 6.51. The maximum Gasteiger partial charge on any atom is 0.305 e. The Labute approximate surface area is 89.1 Å². The largest absolute Gasteiger partial charge is 0.481 e. The highest BCUT2D eigenvalue weighted by Crippen LogP contribution is 2.19. The molecule has 1 aromatic heterocycles. The molecule has 0 unspecified atom stereocenters. The lowest BCUT2D eigenvalue weighted by Gasteiger charge is -2.27. The second-order valence-corrected chi connectivity index (χ2v) is 3.81. The van der Waals surface area contributed by atoms with Crippen molar-refractivity contribution in [3.8, 4) is 0 Å². The molecule has 0 bridgehead atoms. The lowest BCUT2D eigenvalue weighted by molar-refractivity contribution is -0.136. The topological polar surface area (TPSA) is 69.2 Å². The third-order valence-corrected chi connectivity index (χ3v) is 2.30. The van der Waals surface area contributed by atoms with Crippen LogP contribution in [-0.4, -0.2) is 33.9 Å². The lowest BCUT2D eigenvalue weighted by atomic mass is 10.2. The van der Waals surface area contributed by atoms with Gasteiger partial charge in [-0.05, 0) is 20.8 Å². The van der Waals surface area contributed by atoms with E-state index in [1.165, 1.54) is 0 Å². The lowest BCUT2D eigenvalue weighted by Crippen LogP contribution is -2.33. The third-order valence-electron chi connectivity index (χ3n) is 2.30. The zero-order valence-corrected chi connectivity index (χ0v) is 9.32. The smallest absolute Gasteiger partial charge is 0.305 e. The molecule has 15 heavy (non-hydrogen) atoms. The van der Waals surface area contributed by atoms with Crippen LogP contribution >= 0.6 is 0 Å². The molecule has 0 aliphatic carbocycles. The number of carboxylic acid groups (broad SMARTS) is 1. The van der Waals surface area contributed by atoms with Crippen molar-refractivity contribution >= 4 is 11.7 Å². The maximum atomic E-state index is 10.5. The molecule has 0 fully saturated rings. The number of aryl methyl sites for hydroxylation is 1. The number of carboxylic acids is 1. The molecule has 0 radical (unpaired) electrons. The van der Waals surface area contributed by atoms with Crippen LogP contribution in [0.3, 0.4) is 0 Å². The van der Waals surface area contributed by atoms with Crippen molar-refractivity contribution < 1.29 is 9.90 Å². The number of aliphatic carboxylic acids is 1. The Morgan fingerprint density at radius 1 is 1.67 bits per heavy atom. The molecule has 0 amide bonds. The molecule has 84 valence electrons. The first-order chi connectivity index (χ1) is 7.02. The van der Waals surface area contributed by atoms with E-state index < -0.39 is 5.97 Å². The first-order valence-electron chi connectivity index (χ1n) is 5.00. The molecule has 0 spiro atoms. The van der Waals surface area contributed by atoms with Crippen LogP contribution in [0.1, 0.15) is 26.0 Å². The van der Waals surface area contributed by atoms with Crippen molar-refractivity contribution in [2.24, 2.45) is 0 Å². The van der Waals surface area contributed by atoms with E-state index in [9.17, 15) is 4.79 Å². The molecule has 0 saturated heterocycles. The van der Waals surface area contributed by atoms with Crippen molar-refractivity contribution in [3.63, 3.8) is 0 Å². The van der Waals surface area contributed by atoms with E-state index in [4.69, 9.17) is 5.11 Å². The number of hydrogen-bond donors (Lipinski definition) is 2. The fourth-order valence-corrected chi connectivity index (χ4v) is 1.51. The third kappa shape index (κ3) is 2.97. The highest BCUT2D eigenvalue weighted by Gasteiger charge is 2.15. The molecule has 1 rings (SSSR count). The van der Waals surface area contributed by atoms with Crippen LogP contribution in [0.25, 0.3) is 0 Å². The number of aromatic amines is 1. The molecule has 5 nitrogen and oxygen atoms in total.